The number of amides is 1. The Morgan fingerprint density at radius 1 is 0.893 bits per heavy atom. The van der Waals surface area contributed by atoms with Gasteiger partial charge in [-0.3, -0.25) is 4.79 Å². The number of anilines is 1. The Hall–Kier alpha value is -3.25. The lowest BCUT2D eigenvalue weighted by Crippen LogP contribution is -2.18. The SMILES string of the molecule is O=C(CSC1c2ccccc2Oc2ccccc21)Nc1ccccc1C(=O)O. The van der Waals surface area contributed by atoms with Crippen molar-refractivity contribution < 1.29 is 19.4 Å². The molecule has 0 fully saturated rings. The lowest BCUT2D eigenvalue weighted by atomic mass is 10.00. The number of ether oxygens (including phenoxy) is 1. The Labute approximate surface area is 166 Å². The normalized spacial score (nSPS) is 12.4. The van der Waals surface area contributed by atoms with E-state index in [0.29, 0.717) is 5.69 Å². The third-order valence-electron chi connectivity index (χ3n) is 4.44. The van der Waals surface area contributed by atoms with Gasteiger partial charge in [-0.15, -0.1) is 11.8 Å². The first-order valence-corrected chi connectivity index (χ1v) is 9.78. The number of carbonyl (C=O) groups excluding carboxylic acids is 1. The summed E-state index contributed by atoms with van der Waals surface area (Å²) in [6, 6.07) is 22.0. The monoisotopic (exact) mass is 391 g/mol. The molecule has 0 bridgehead atoms. The highest BCUT2D eigenvalue weighted by Crippen LogP contribution is 2.49. The molecule has 0 aliphatic carbocycles. The number of hydrogen-bond donors (Lipinski definition) is 2. The molecule has 0 spiro atoms. The highest BCUT2D eigenvalue weighted by Gasteiger charge is 2.27. The van der Waals surface area contributed by atoms with Crippen molar-refractivity contribution in [3.8, 4) is 11.5 Å². The number of benzene rings is 3. The van der Waals surface area contributed by atoms with Crippen LogP contribution in [0.15, 0.2) is 72.8 Å². The Bertz CT molecular complexity index is 1000. The van der Waals surface area contributed by atoms with Crippen LogP contribution >= 0.6 is 11.8 Å². The van der Waals surface area contributed by atoms with Crippen LogP contribution in [0.2, 0.25) is 0 Å². The molecule has 0 saturated heterocycles. The molecule has 3 aromatic carbocycles. The third-order valence-corrected chi connectivity index (χ3v) is 5.71. The number of nitrogens with one attached hydrogen (secondary N) is 1. The Morgan fingerprint density at radius 3 is 2.11 bits per heavy atom. The molecule has 1 heterocycles. The average molecular weight is 391 g/mol. The molecule has 3 aromatic rings. The van der Waals surface area contributed by atoms with E-state index in [1.807, 2.05) is 48.5 Å². The van der Waals surface area contributed by atoms with Gasteiger partial charge < -0.3 is 15.2 Å². The molecule has 28 heavy (non-hydrogen) atoms. The van der Waals surface area contributed by atoms with E-state index in [1.54, 1.807) is 18.2 Å². The quantitative estimate of drug-likeness (QED) is 0.643. The zero-order chi connectivity index (χ0) is 19.5. The van der Waals surface area contributed by atoms with E-state index < -0.39 is 5.97 Å². The molecule has 0 unspecified atom stereocenters. The summed E-state index contributed by atoms with van der Waals surface area (Å²) in [7, 11) is 0. The van der Waals surface area contributed by atoms with Crippen molar-refractivity contribution in [2.75, 3.05) is 11.1 Å². The van der Waals surface area contributed by atoms with E-state index in [-0.39, 0.29) is 22.5 Å². The maximum atomic E-state index is 12.5. The number of carboxylic acid groups (broad SMARTS) is 1. The summed E-state index contributed by atoms with van der Waals surface area (Å²) in [5, 5.41) is 11.9. The van der Waals surface area contributed by atoms with Gasteiger partial charge in [0.15, 0.2) is 0 Å². The predicted molar refractivity (Wildman–Crippen MR) is 109 cm³/mol. The summed E-state index contributed by atoms with van der Waals surface area (Å²) in [6.45, 7) is 0. The number of hydrogen-bond acceptors (Lipinski definition) is 4. The number of thioether (sulfide) groups is 1. The Balaban J connectivity index is 1.53. The standard InChI is InChI=1S/C22H17NO4S/c24-20(23-17-10-4-1-7-14(17)22(25)26)13-28-21-15-8-2-5-11-18(15)27-19-12-6-3-9-16(19)21/h1-12,21H,13H2,(H,23,24)(H,25,26). The fourth-order valence-corrected chi connectivity index (χ4v) is 4.31. The lowest BCUT2D eigenvalue weighted by Gasteiger charge is -2.27. The Kier molecular flexibility index (Phi) is 5.04. The first-order chi connectivity index (χ1) is 13.6. The molecule has 2 N–H and O–H groups in total. The van der Waals surface area contributed by atoms with Crippen LogP contribution in [0.4, 0.5) is 5.69 Å². The third kappa shape index (κ3) is 3.59. The van der Waals surface area contributed by atoms with Crippen LogP contribution in [0.1, 0.15) is 26.7 Å². The molecule has 140 valence electrons. The number of carbonyl (C=O) groups is 2. The molecule has 6 heteroatoms. The van der Waals surface area contributed by atoms with Crippen LogP contribution in [-0.4, -0.2) is 22.7 Å². The van der Waals surface area contributed by atoms with Crippen LogP contribution in [-0.2, 0) is 4.79 Å². The first-order valence-electron chi connectivity index (χ1n) is 8.73. The number of aromatic carboxylic acids is 1. The first kappa shape index (κ1) is 18.1. The van der Waals surface area contributed by atoms with Gasteiger partial charge in [-0.25, -0.2) is 4.79 Å². The van der Waals surface area contributed by atoms with E-state index in [9.17, 15) is 14.7 Å². The zero-order valence-corrected chi connectivity index (χ0v) is 15.6. The van der Waals surface area contributed by atoms with Gasteiger partial charge in [-0.2, -0.15) is 0 Å². The summed E-state index contributed by atoms with van der Waals surface area (Å²) in [4.78, 5) is 23.8. The predicted octanol–water partition coefficient (Wildman–Crippen LogP) is 4.95. The molecule has 1 aliphatic rings. The molecular formula is C22H17NO4S. The fraction of sp³-hybridized carbons (Fsp3) is 0.0909. The largest absolute Gasteiger partial charge is 0.478 e. The fourth-order valence-electron chi connectivity index (χ4n) is 3.17. The highest BCUT2D eigenvalue weighted by molar-refractivity contribution is 8.00. The van der Waals surface area contributed by atoms with Crippen molar-refractivity contribution in [2.45, 2.75) is 5.25 Å². The van der Waals surface area contributed by atoms with Crippen LogP contribution in [0, 0.1) is 0 Å². The van der Waals surface area contributed by atoms with Crippen molar-refractivity contribution in [1.82, 2.24) is 0 Å². The number of rotatable bonds is 5. The topological polar surface area (TPSA) is 75.6 Å². The van der Waals surface area contributed by atoms with Gasteiger partial charge in [0.25, 0.3) is 0 Å². The minimum atomic E-state index is -1.07. The van der Waals surface area contributed by atoms with Crippen molar-refractivity contribution >= 4 is 29.3 Å². The van der Waals surface area contributed by atoms with Gasteiger partial charge in [-0.1, -0.05) is 48.5 Å². The van der Waals surface area contributed by atoms with E-state index in [0.717, 1.165) is 22.6 Å². The second kappa shape index (κ2) is 7.78. The highest BCUT2D eigenvalue weighted by atomic mass is 32.2. The molecule has 0 saturated carbocycles. The maximum Gasteiger partial charge on any atom is 0.337 e. The zero-order valence-electron chi connectivity index (χ0n) is 14.8. The average Bonchev–Trinajstić information content (AvgIpc) is 2.71. The van der Waals surface area contributed by atoms with Gasteiger partial charge in [0.2, 0.25) is 5.91 Å². The smallest absolute Gasteiger partial charge is 0.337 e. The van der Waals surface area contributed by atoms with E-state index >= 15 is 0 Å². The molecule has 5 nitrogen and oxygen atoms in total. The minimum absolute atomic E-state index is 0.0402. The summed E-state index contributed by atoms with van der Waals surface area (Å²) in [5.74, 6) is 0.433. The molecular weight excluding hydrogens is 374 g/mol. The van der Waals surface area contributed by atoms with Crippen LogP contribution in [0.25, 0.3) is 0 Å². The summed E-state index contributed by atoms with van der Waals surface area (Å²) < 4.78 is 5.97. The van der Waals surface area contributed by atoms with Crippen LogP contribution in [0.3, 0.4) is 0 Å². The number of para-hydroxylation sites is 3. The maximum absolute atomic E-state index is 12.5. The molecule has 1 aliphatic heterocycles. The lowest BCUT2D eigenvalue weighted by molar-refractivity contribution is -0.113. The van der Waals surface area contributed by atoms with E-state index in [1.165, 1.54) is 17.8 Å². The summed E-state index contributed by atoms with van der Waals surface area (Å²) in [5.41, 5.74) is 2.41. The van der Waals surface area contributed by atoms with E-state index in [2.05, 4.69) is 5.32 Å². The Morgan fingerprint density at radius 2 is 1.46 bits per heavy atom. The number of fused-ring (bicyclic) bond motifs is 2. The molecule has 0 atom stereocenters. The van der Waals surface area contributed by atoms with Crippen molar-refractivity contribution in [1.29, 1.82) is 0 Å². The van der Waals surface area contributed by atoms with Crippen molar-refractivity contribution in [2.24, 2.45) is 0 Å². The summed E-state index contributed by atoms with van der Waals surface area (Å²) >= 11 is 1.48. The van der Waals surface area contributed by atoms with Gasteiger partial charge in [0.1, 0.15) is 11.5 Å². The molecule has 1 amide bonds. The minimum Gasteiger partial charge on any atom is -0.478 e. The molecule has 4 rings (SSSR count). The van der Waals surface area contributed by atoms with Gasteiger partial charge in [-0.05, 0) is 24.3 Å². The van der Waals surface area contributed by atoms with Gasteiger partial charge in [0.05, 0.1) is 22.3 Å². The van der Waals surface area contributed by atoms with Crippen LogP contribution < -0.4 is 10.1 Å². The summed E-state index contributed by atoms with van der Waals surface area (Å²) in [6.07, 6.45) is 0. The van der Waals surface area contributed by atoms with Gasteiger partial charge in [0, 0.05) is 11.1 Å². The molecule has 0 radical (unpaired) electrons. The molecule has 0 aromatic heterocycles. The second-order valence-corrected chi connectivity index (χ2v) is 7.36. The van der Waals surface area contributed by atoms with E-state index in [4.69, 9.17) is 4.74 Å². The van der Waals surface area contributed by atoms with Crippen molar-refractivity contribution in [3.63, 3.8) is 0 Å². The second-order valence-electron chi connectivity index (χ2n) is 6.27. The van der Waals surface area contributed by atoms with Crippen molar-refractivity contribution in [3.05, 3.63) is 89.5 Å². The number of carboxylic acids is 1. The van der Waals surface area contributed by atoms with Crippen LogP contribution in [0.5, 0.6) is 11.5 Å². The van der Waals surface area contributed by atoms with Gasteiger partial charge >= 0.3 is 5.97 Å².